The van der Waals surface area contributed by atoms with Crippen LogP contribution in [0.4, 0.5) is 0 Å². The molecule has 2 atom stereocenters. The highest BCUT2D eigenvalue weighted by Crippen LogP contribution is 2.36. The number of hydrogen-bond acceptors (Lipinski definition) is 4. The predicted molar refractivity (Wildman–Crippen MR) is 91.5 cm³/mol. The van der Waals surface area contributed by atoms with E-state index < -0.39 is 0 Å². The summed E-state index contributed by atoms with van der Waals surface area (Å²) in [6.45, 7) is 4.33. The fourth-order valence-electron chi connectivity index (χ4n) is 2.88. The van der Waals surface area contributed by atoms with Crippen LogP contribution in [-0.2, 0) is 13.0 Å². The topological polar surface area (TPSA) is 29.3 Å². The summed E-state index contributed by atoms with van der Waals surface area (Å²) in [5, 5.41) is 2.21. The van der Waals surface area contributed by atoms with Crippen molar-refractivity contribution < 1.29 is 0 Å². The van der Waals surface area contributed by atoms with Crippen molar-refractivity contribution in [2.75, 3.05) is 6.54 Å². The molecule has 0 aromatic carbocycles. The lowest BCUT2D eigenvalue weighted by molar-refractivity contribution is 0.157. The lowest BCUT2D eigenvalue weighted by Gasteiger charge is -2.37. The summed E-state index contributed by atoms with van der Waals surface area (Å²) in [6.07, 6.45) is 2.17. The largest absolute Gasteiger partial charge is 0.326 e. The maximum Gasteiger partial charge on any atom is 0.0702 e. The molecule has 2 aromatic heterocycles. The van der Waals surface area contributed by atoms with E-state index in [4.69, 9.17) is 5.73 Å². The molecule has 0 saturated heterocycles. The molecule has 0 radical (unpaired) electrons. The van der Waals surface area contributed by atoms with Crippen LogP contribution in [0.1, 0.15) is 34.7 Å². The summed E-state index contributed by atoms with van der Waals surface area (Å²) in [6, 6.07) is 7.16. The Labute approximate surface area is 136 Å². The molecule has 0 fully saturated rings. The normalized spacial score (nSPS) is 18.8. The van der Waals surface area contributed by atoms with Gasteiger partial charge >= 0.3 is 0 Å². The summed E-state index contributed by atoms with van der Waals surface area (Å²) in [5.74, 6) is 0. The second-order valence-corrected chi connectivity index (χ2v) is 8.74. The van der Waals surface area contributed by atoms with E-state index in [9.17, 15) is 0 Å². The van der Waals surface area contributed by atoms with Gasteiger partial charge in [0.25, 0.3) is 0 Å². The van der Waals surface area contributed by atoms with Gasteiger partial charge in [-0.1, -0.05) is 6.92 Å². The molecule has 2 N–H and O–H groups in total. The summed E-state index contributed by atoms with van der Waals surface area (Å²) in [4.78, 5) is 5.49. The Bertz CT molecular complexity index is 578. The maximum absolute atomic E-state index is 6.44. The molecule has 0 spiro atoms. The van der Waals surface area contributed by atoms with E-state index in [-0.39, 0.29) is 6.04 Å². The van der Waals surface area contributed by atoms with Gasteiger partial charge in [-0.05, 0) is 57.9 Å². The number of halogens is 1. The first-order valence-corrected chi connectivity index (χ1v) is 9.48. The van der Waals surface area contributed by atoms with Gasteiger partial charge in [0.15, 0.2) is 0 Å². The van der Waals surface area contributed by atoms with Crippen LogP contribution in [0.2, 0.25) is 0 Å². The van der Waals surface area contributed by atoms with Crippen molar-refractivity contribution in [1.29, 1.82) is 0 Å². The summed E-state index contributed by atoms with van der Waals surface area (Å²) < 4.78 is 1.19. The third-order valence-corrected chi connectivity index (χ3v) is 6.71. The lowest BCUT2D eigenvalue weighted by atomic mass is 9.99. The molecular weight excluding hydrogens is 352 g/mol. The van der Waals surface area contributed by atoms with Gasteiger partial charge in [-0.2, -0.15) is 0 Å². The van der Waals surface area contributed by atoms with E-state index in [0.717, 1.165) is 25.9 Å². The zero-order valence-electron chi connectivity index (χ0n) is 11.5. The van der Waals surface area contributed by atoms with Crippen molar-refractivity contribution in [3.8, 4) is 0 Å². The second kappa shape index (κ2) is 6.28. The average molecular weight is 371 g/mol. The number of rotatable bonds is 4. The molecule has 2 nitrogen and oxygen atoms in total. The van der Waals surface area contributed by atoms with Gasteiger partial charge in [-0.3, -0.25) is 4.90 Å². The van der Waals surface area contributed by atoms with Gasteiger partial charge in [-0.15, -0.1) is 22.7 Å². The Balaban J connectivity index is 1.87. The standard InChI is InChI=1S/C15H19BrN2S2/c1-2-11(17)15(13-3-4-14(16)20-13)18-7-5-12-10(9-18)6-8-19-12/h3-4,6,8,11,15H,2,5,7,9,17H2,1H3. The fourth-order valence-corrected chi connectivity index (χ4v) is 5.40. The van der Waals surface area contributed by atoms with Gasteiger partial charge in [-0.25, -0.2) is 0 Å². The molecule has 2 unspecified atom stereocenters. The molecule has 0 bridgehead atoms. The number of nitrogens with two attached hydrogens (primary N) is 1. The van der Waals surface area contributed by atoms with Crippen molar-refractivity contribution in [2.45, 2.75) is 38.4 Å². The first kappa shape index (κ1) is 14.7. The number of thiophene rings is 2. The molecule has 20 heavy (non-hydrogen) atoms. The molecule has 3 rings (SSSR count). The maximum atomic E-state index is 6.44. The minimum absolute atomic E-state index is 0.195. The molecule has 2 aromatic rings. The molecule has 0 amide bonds. The van der Waals surface area contributed by atoms with Crippen molar-refractivity contribution >= 4 is 38.6 Å². The van der Waals surface area contributed by atoms with Crippen LogP contribution in [0, 0.1) is 0 Å². The smallest absolute Gasteiger partial charge is 0.0702 e. The Hall–Kier alpha value is -0.200. The Kier molecular flexibility index (Phi) is 4.62. The monoisotopic (exact) mass is 370 g/mol. The molecular formula is C15H19BrN2S2. The van der Waals surface area contributed by atoms with Crippen molar-refractivity contribution in [3.63, 3.8) is 0 Å². The molecule has 1 aliphatic rings. The summed E-state index contributed by atoms with van der Waals surface area (Å²) in [5.41, 5.74) is 7.93. The quantitative estimate of drug-likeness (QED) is 0.863. The Morgan fingerprint density at radius 1 is 1.40 bits per heavy atom. The SMILES string of the molecule is CCC(N)C(c1ccc(Br)s1)N1CCc2sccc2C1. The first-order valence-electron chi connectivity index (χ1n) is 6.99. The van der Waals surface area contributed by atoms with Crippen LogP contribution in [0.25, 0.3) is 0 Å². The average Bonchev–Trinajstić information content (AvgIpc) is 3.07. The number of hydrogen-bond donors (Lipinski definition) is 1. The lowest BCUT2D eigenvalue weighted by Crippen LogP contribution is -2.42. The van der Waals surface area contributed by atoms with Gasteiger partial charge in [0.2, 0.25) is 0 Å². The van der Waals surface area contributed by atoms with Crippen LogP contribution in [0.15, 0.2) is 27.4 Å². The van der Waals surface area contributed by atoms with Gasteiger partial charge in [0.1, 0.15) is 0 Å². The number of nitrogens with zero attached hydrogens (tertiary/aromatic N) is 1. The van der Waals surface area contributed by atoms with E-state index in [1.165, 1.54) is 14.2 Å². The molecule has 3 heterocycles. The fraction of sp³-hybridized carbons (Fsp3) is 0.467. The summed E-state index contributed by atoms with van der Waals surface area (Å²) in [7, 11) is 0. The van der Waals surface area contributed by atoms with Crippen LogP contribution in [-0.4, -0.2) is 17.5 Å². The van der Waals surface area contributed by atoms with E-state index >= 15 is 0 Å². The minimum atomic E-state index is 0.195. The molecule has 0 saturated carbocycles. The third-order valence-electron chi connectivity index (χ3n) is 3.99. The van der Waals surface area contributed by atoms with Gasteiger partial charge in [0, 0.05) is 28.9 Å². The molecule has 108 valence electrons. The Morgan fingerprint density at radius 3 is 2.95 bits per heavy atom. The highest BCUT2D eigenvalue weighted by molar-refractivity contribution is 9.11. The zero-order chi connectivity index (χ0) is 14.1. The van der Waals surface area contributed by atoms with Crippen molar-refractivity contribution in [1.82, 2.24) is 4.90 Å². The van der Waals surface area contributed by atoms with Crippen LogP contribution in [0.5, 0.6) is 0 Å². The van der Waals surface area contributed by atoms with E-state index in [1.807, 2.05) is 22.7 Å². The van der Waals surface area contributed by atoms with Crippen molar-refractivity contribution in [2.24, 2.45) is 5.73 Å². The minimum Gasteiger partial charge on any atom is -0.326 e. The van der Waals surface area contributed by atoms with Crippen LogP contribution >= 0.6 is 38.6 Å². The molecule has 0 aliphatic carbocycles. The van der Waals surface area contributed by atoms with E-state index in [2.05, 4.69) is 51.3 Å². The third kappa shape index (κ3) is 2.88. The first-order chi connectivity index (χ1) is 9.69. The van der Waals surface area contributed by atoms with Gasteiger partial charge in [0.05, 0.1) is 9.83 Å². The van der Waals surface area contributed by atoms with Crippen molar-refractivity contribution in [3.05, 3.63) is 42.7 Å². The highest BCUT2D eigenvalue weighted by atomic mass is 79.9. The molecule has 1 aliphatic heterocycles. The highest BCUT2D eigenvalue weighted by Gasteiger charge is 2.30. The summed E-state index contributed by atoms with van der Waals surface area (Å²) >= 11 is 7.28. The molecule has 5 heteroatoms. The zero-order valence-corrected chi connectivity index (χ0v) is 14.7. The number of fused-ring (bicyclic) bond motifs is 1. The predicted octanol–water partition coefficient (Wildman–Crippen LogP) is 4.41. The van der Waals surface area contributed by atoms with Gasteiger partial charge < -0.3 is 5.73 Å². The van der Waals surface area contributed by atoms with E-state index in [1.54, 1.807) is 4.88 Å². The van der Waals surface area contributed by atoms with E-state index in [0.29, 0.717) is 6.04 Å². The van der Waals surface area contributed by atoms with Crippen LogP contribution < -0.4 is 5.73 Å². The Morgan fingerprint density at radius 2 is 2.25 bits per heavy atom. The van der Waals surface area contributed by atoms with Crippen LogP contribution in [0.3, 0.4) is 0 Å². The second-order valence-electron chi connectivity index (χ2n) is 5.25.